The van der Waals surface area contributed by atoms with Gasteiger partial charge in [-0.15, -0.1) is 0 Å². The van der Waals surface area contributed by atoms with E-state index in [0.29, 0.717) is 18.2 Å². The Morgan fingerprint density at radius 2 is 2.14 bits per heavy atom. The lowest BCUT2D eigenvalue weighted by molar-refractivity contribution is 0.0491. The lowest BCUT2D eigenvalue weighted by atomic mass is 10.1. The molecule has 0 aliphatic heterocycles. The topological polar surface area (TPSA) is 66.6 Å². The molecule has 22 heavy (non-hydrogen) atoms. The van der Waals surface area contributed by atoms with Gasteiger partial charge in [0.15, 0.2) is 0 Å². The van der Waals surface area contributed by atoms with Gasteiger partial charge >= 0.3 is 0 Å². The molecule has 1 aromatic carbocycles. The van der Waals surface area contributed by atoms with Crippen LogP contribution in [0.3, 0.4) is 0 Å². The summed E-state index contributed by atoms with van der Waals surface area (Å²) in [7, 11) is 0. The maximum absolute atomic E-state index is 12.8. The van der Waals surface area contributed by atoms with E-state index >= 15 is 0 Å². The van der Waals surface area contributed by atoms with Crippen LogP contribution in [0.25, 0.3) is 0 Å². The Labute approximate surface area is 129 Å². The van der Waals surface area contributed by atoms with Crippen molar-refractivity contribution in [2.24, 2.45) is 5.92 Å². The number of aromatic nitrogens is 1. The van der Waals surface area contributed by atoms with Gasteiger partial charge in [0.1, 0.15) is 0 Å². The van der Waals surface area contributed by atoms with Crippen molar-refractivity contribution < 1.29 is 14.4 Å². The van der Waals surface area contributed by atoms with E-state index in [1.165, 1.54) is 0 Å². The molecule has 0 radical (unpaired) electrons. The van der Waals surface area contributed by atoms with E-state index in [4.69, 9.17) is 4.52 Å². The van der Waals surface area contributed by atoms with Crippen molar-refractivity contribution in [3.05, 3.63) is 53.4 Å². The first-order chi connectivity index (χ1) is 10.7. The predicted octanol–water partition coefficient (Wildman–Crippen LogP) is 2.40. The maximum Gasteiger partial charge on any atom is 0.293 e. The van der Waals surface area contributed by atoms with E-state index in [1.54, 1.807) is 17.9 Å². The SMILES string of the molecule is Cc1cc(C(=O)N(Cc2ccccc2)C(CO)C2CC2)on1. The molecule has 2 aromatic rings. The summed E-state index contributed by atoms with van der Waals surface area (Å²) in [5.74, 6) is 0.393. The van der Waals surface area contributed by atoms with Crippen molar-refractivity contribution in [1.29, 1.82) is 0 Å². The number of benzene rings is 1. The lowest BCUT2D eigenvalue weighted by Crippen LogP contribution is -2.43. The number of carbonyl (C=O) groups excluding carboxylic acids is 1. The van der Waals surface area contributed by atoms with Crippen molar-refractivity contribution in [2.45, 2.75) is 32.4 Å². The molecule has 0 spiro atoms. The van der Waals surface area contributed by atoms with Gasteiger partial charge in [-0.3, -0.25) is 4.79 Å². The average Bonchev–Trinajstić information content (AvgIpc) is 3.28. The molecular formula is C17H20N2O3. The molecule has 0 bridgehead atoms. The highest BCUT2D eigenvalue weighted by Gasteiger charge is 2.38. The zero-order valence-corrected chi connectivity index (χ0v) is 12.6. The van der Waals surface area contributed by atoms with Gasteiger partial charge in [0, 0.05) is 12.6 Å². The number of amides is 1. The number of hydrogen-bond acceptors (Lipinski definition) is 4. The zero-order chi connectivity index (χ0) is 15.5. The van der Waals surface area contributed by atoms with Crippen LogP contribution in [0.2, 0.25) is 0 Å². The summed E-state index contributed by atoms with van der Waals surface area (Å²) < 4.78 is 5.12. The third-order valence-electron chi connectivity index (χ3n) is 4.05. The van der Waals surface area contributed by atoms with E-state index in [0.717, 1.165) is 18.4 Å². The van der Waals surface area contributed by atoms with Crippen LogP contribution < -0.4 is 0 Å². The molecule has 1 aromatic heterocycles. The molecule has 1 saturated carbocycles. The summed E-state index contributed by atoms with van der Waals surface area (Å²) in [6, 6.07) is 11.3. The Kier molecular flexibility index (Phi) is 4.24. The van der Waals surface area contributed by atoms with Crippen LogP contribution in [0.5, 0.6) is 0 Å². The monoisotopic (exact) mass is 300 g/mol. The minimum absolute atomic E-state index is 0.0314. The van der Waals surface area contributed by atoms with Gasteiger partial charge in [0.25, 0.3) is 5.91 Å². The van der Waals surface area contributed by atoms with Crippen LogP contribution in [0.1, 0.15) is 34.7 Å². The molecule has 1 amide bonds. The van der Waals surface area contributed by atoms with E-state index in [1.807, 2.05) is 30.3 Å². The molecule has 0 saturated heterocycles. The van der Waals surface area contributed by atoms with Crippen LogP contribution in [0.4, 0.5) is 0 Å². The van der Waals surface area contributed by atoms with E-state index in [9.17, 15) is 9.90 Å². The molecular weight excluding hydrogens is 280 g/mol. The summed E-state index contributed by atoms with van der Waals surface area (Å²) in [4.78, 5) is 14.5. The van der Waals surface area contributed by atoms with Gasteiger partial charge in [0.2, 0.25) is 5.76 Å². The second-order valence-corrected chi connectivity index (χ2v) is 5.84. The largest absolute Gasteiger partial charge is 0.394 e. The highest BCUT2D eigenvalue weighted by atomic mass is 16.5. The van der Waals surface area contributed by atoms with Crippen LogP contribution >= 0.6 is 0 Å². The third-order valence-corrected chi connectivity index (χ3v) is 4.05. The van der Waals surface area contributed by atoms with Crippen molar-refractivity contribution in [3.63, 3.8) is 0 Å². The van der Waals surface area contributed by atoms with Crippen LogP contribution in [0.15, 0.2) is 40.9 Å². The molecule has 1 atom stereocenters. The Morgan fingerprint density at radius 1 is 1.41 bits per heavy atom. The smallest absolute Gasteiger partial charge is 0.293 e. The Balaban J connectivity index is 1.86. The standard InChI is InChI=1S/C17H20N2O3/c1-12-9-16(22-18-12)17(21)19(15(11-20)14-7-8-14)10-13-5-3-2-4-6-13/h2-6,9,14-15,20H,7-8,10-11H2,1H3. The number of aryl methyl sites for hydroxylation is 1. The first-order valence-electron chi connectivity index (χ1n) is 7.58. The Bertz CT molecular complexity index is 634. The number of carbonyl (C=O) groups is 1. The average molecular weight is 300 g/mol. The second kappa shape index (κ2) is 6.32. The minimum Gasteiger partial charge on any atom is -0.394 e. The Hall–Kier alpha value is -2.14. The first kappa shape index (κ1) is 14.8. The van der Waals surface area contributed by atoms with Gasteiger partial charge < -0.3 is 14.5 Å². The molecule has 1 fully saturated rings. The van der Waals surface area contributed by atoms with E-state index in [2.05, 4.69) is 5.16 Å². The van der Waals surface area contributed by atoms with Gasteiger partial charge in [-0.05, 0) is 31.2 Å². The lowest BCUT2D eigenvalue weighted by Gasteiger charge is -2.30. The van der Waals surface area contributed by atoms with Crippen molar-refractivity contribution in [3.8, 4) is 0 Å². The fraction of sp³-hybridized carbons (Fsp3) is 0.412. The van der Waals surface area contributed by atoms with Crippen molar-refractivity contribution in [2.75, 3.05) is 6.61 Å². The van der Waals surface area contributed by atoms with E-state index in [-0.39, 0.29) is 24.3 Å². The van der Waals surface area contributed by atoms with Gasteiger partial charge in [-0.25, -0.2) is 0 Å². The molecule has 5 heteroatoms. The van der Waals surface area contributed by atoms with Crippen LogP contribution in [-0.2, 0) is 6.54 Å². The summed E-state index contributed by atoms with van der Waals surface area (Å²) in [6.07, 6.45) is 2.11. The molecule has 1 aliphatic carbocycles. The van der Waals surface area contributed by atoms with Crippen molar-refractivity contribution >= 4 is 5.91 Å². The highest BCUT2D eigenvalue weighted by Crippen LogP contribution is 2.36. The number of hydrogen-bond donors (Lipinski definition) is 1. The molecule has 5 nitrogen and oxygen atoms in total. The number of nitrogens with zero attached hydrogens (tertiary/aromatic N) is 2. The fourth-order valence-corrected chi connectivity index (χ4v) is 2.71. The zero-order valence-electron chi connectivity index (χ0n) is 12.6. The van der Waals surface area contributed by atoms with Gasteiger partial charge in [0.05, 0.1) is 18.3 Å². The summed E-state index contributed by atoms with van der Waals surface area (Å²) >= 11 is 0. The highest BCUT2D eigenvalue weighted by molar-refractivity contribution is 5.91. The molecule has 1 heterocycles. The molecule has 1 N–H and O–H groups in total. The fourth-order valence-electron chi connectivity index (χ4n) is 2.71. The van der Waals surface area contributed by atoms with E-state index < -0.39 is 0 Å². The Morgan fingerprint density at radius 3 is 2.68 bits per heavy atom. The van der Waals surface area contributed by atoms with Crippen LogP contribution in [-0.4, -0.2) is 33.7 Å². The number of aliphatic hydroxyl groups is 1. The van der Waals surface area contributed by atoms with Gasteiger partial charge in [-0.2, -0.15) is 0 Å². The number of rotatable bonds is 6. The third kappa shape index (κ3) is 3.20. The normalized spacial score (nSPS) is 15.5. The summed E-state index contributed by atoms with van der Waals surface area (Å²) in [5.41, 5.74) is 1.71. The quantitative estimate of drug-likeness (QED) is 0.889. The summed E-state index contributed by atoms with van der Waals surface area (Å²) in [6.45, 7) is 2.21. The van der Waals surface area contributed by atoms with Gasteiger partial charge in [-0.1, -0.05) is 35.5 Å². The molecule has 3 rings (SSSR count). The minimum atomic E-state index is -0.213. The first-order valence-corrected chi connectivity index (χ1v) is 7.58. The summed E-state index contributed by atoms with van der Waals surface area (Å²) in [5, 5.41) is 13.5. The molecule has 1 aliphatic rings. The molecule has 116 valence electrons. The maximum atomic E-state index is 12.8. The van der Waals surface area contributed by atoms with Crippen LogP contribution in [0, 0.1) is 12.8 Å². The number of aliphatic hydroxyl groups excluding tert-OH is 1. The second-order valence-electron chi connectivity index (χ2n) is 5.84. The van der Waals surface area contributed by atoms with Crippen molar-refractivity contribution in [1.82, 2.24) is 10.1 Å². The predicted molar refractivity (Wildman–Crippen MR) is 81.2 cm³/mol. The molecule has 1 unspecified atom stereocenters.